The third-order valence-corrected chi connectivity index (χ3v) is 7.98. The lowest BCUT2D eigenvalue weighted by molar-refractivity contribution is 0.415. The Hall–Kier alpha value is -3.69. The van der Waals surface area contributed by atoms with Crippen LogP contribution in [0.15, 0.2) is 113 Å². The number of hydrogen-bond donors (Lipinski definition) is 1. The van der Waals surface area contributed by atoms with E-state index in [0.717, 1.165) is 5.75 Å². The van der Waals surface area contributed by atoms with E-state index in [1.54, 1.807) is 43.5 Å². The average Bonchev–Trinajstić information content (AvgIpc) is 2.84. The van der Waals surface area contributed by atoms with Gasteiger partial charge in [-0.05, 0) is 42.5 Å². The molecule has 0 aliphatic rings. The van der Waals surface area contributed by atoms with E-state index < -0.39 is 7.14 Å². The zero-order chi connectivity index (χ0) is 21.7. The molecule has 5 nitrogen and oxygen atoms in total. The van der Waals surface area contributed by atoms with Crippen molar-refractivity contribution >= 4 is 34.4 Å². The van der Waals surface area contributed by atoms with Crippen molar-refractivity contribution < 1.29 is 14.4 Å². The summed E-state index contributed by atoms with van der Waals surface area (Å²) in [5.74, 6) is 0.692. The van der Waals surface area contributed by atoms with Gasteiger partial charge in [0, 0.05) is 10.6 Å². The highest BCUT2D eigenvalue weighted by atomic mass is 31.2. The highest BCUT2D eigenvalue weighted by Crippen LogP contribution is 2.45. The molecule has 4 aromatic rings. The molecule has 0 amide bonds. The van der Waals surface area contributed by atoms with Crippen LogP contribution in [0.5, 0.6) is 11.5 Å². The quantitative estimate of drug-likeness (QED) is 0.328. The summed E-state index contributed by atoms with van der Waals surface area (Å²) in [4.78, 5) is 0. The van der Waals surface area contributed by atoms with Gasteiger partial charge in [-0.3, -0.25) is 0 Å². The molecule has 4 aromatic carbocycles. The van der Waals surface area contributed by atoms with Crippen LogP contribution in [0.1, 0.15) is 0 Å². The molecule has 31 heavy (non-hydrogen) atoms. The topological polar surface area (TPSA) is 71.2 Å². The normalized spacial score (nSPS) is 11.5. The maximum absolute atomic E-state index is 14.5. The summed E-state index contributed by atoms with van der Waals surface area (Å²) in [6.07, 6.45) is 0. The first kappa shape index (κ1) is 20.6. The fourth-order valence-corrected chi connectivity index (χ4v) is 6.04. The zero-order valence-corrected chi connectivity index (χ0v) is 17.8. The van der Waals surface area contributed by atoms with Crippen molar-refractivity contribution in [3.05, 3.63) is 103 Å². The number of rotatable bonds is 6. The fraction of sp³-hybridized carbons (Fsp3) is 0.0400. The lowest BCUT2D eigenvalue weighted by atomic mass is 10.3. The third-order valence-electron chi connectivity index (χ3n) is 4.89. The molecule has 0 saturated carbocycles. The predicted molar refractivity (Wildman–Crippen MR) is 125 cm³/mol. The Labute approximate surface area is 181 Å². The molecule has 0 atom stereocenters. The Morgan fingerprint density at radius 2 is 1.23 bits per heavy atom. The number of ether oxygens (including phenoxy) is 1. The van der Waals surface area contributed by atoms with Crippen molar-refractivity contribution in [2.75, 3.05) is 7.11 Å². The Kier molecular flexibility index (Phi) is 5.96. The van der Waals surface area contributed by atoms with Crippen LogP contribution >= 0.6 is 7.14 Å². The highest BCUT2D eigenvalue weighted by Gasteiger charge is 2.32. The second-order valence-electron chi connectivity index (χ2n) is 6.85. The van der Waals surface area contributed by atoms with Crippen LogP contribution in [0.25, 0.3) is 0 Å². The summed E-state index contributed by atoms with van der Waals surface area (Å²) in [5, 5.41) is 20.8. The van der Waals surface area contributed by atoms with Crippen molar-refractivity contribution in [1.82, 2.24) is 0 Å². The Morgan fingerprint density at radius 1 is 0.710 bits per heavy atom. The summed E-state index contributed by atoms with van der Waals surface area (Å²) in [6.45, 7) is 0. The molecule has 0 bridgehead atoms. The van der Waals surface area contributed by atoms with Crippen molar-refractivity contribution in [2.45, 2.75) is 0 Å². The molecule has 0 spiro atoms. The predicted octanol–water partition coefficient (Wildman–Crippen LogP) is 5.46. The number of hydrogen-bond acceptors (Lipinski definition) is 5. The van der Waals surface area contributed by atoms with Crippen LogP contribution in [-0.2, 0) is 4.57 Å². The fourth-order valence-electron chi connectivity index (χ4n) is 3.29. The molecule has 0 saturated heterocycles. The van der Waals surface area contributed by atoms with Crippen molar-refractivity contribution in [2.24, 2.45) is 10.2 Å². The Balaban J connectivity index is 1.79. The molecule has 0 unspecified atom stereocenters. The minimum absolute atomic E-state index is 0.0422. The molecule has 0 radical (unpaired) electrons. The van der Waals surface area contributed by atoms with Gasteiger partial charge >= 0.3 is 0 Å². The summed E-state index contributed by atoms with van der Waals surface area (Å²) in [6, 6.07) is 30.4. The van der Waals surface area contributed by atoms with Crippen molar-refractivity contribution in [3.63, 3.8) is 0 Å². The van der Waals surface area contributed by atoms with Gasteiger partial charge < -0.3 is 14.4 Å². The van der Waals surface area contributed by atoms with Gasteiger partial charge in [-0.2, -0.15) is 10.2 Å². The Bertz CT molecular complexity index is 1200. The third kappa shape index (κ3) is 4.27. The smallest absolute Gasteiger partial charge is 0.174 e. The maximum Gasteiger partial charge on any atom is 0.174 e. The van der Waals surface area contributed by atoms with Gasteiger partial charge in [0.1, 0.15) is 11.5 Å². The average molecular weight is 428 g/mol. The lowest BCUT2D eigenvalue weighted by Crippen LogP contribution is -2.25. The number of phenolic OH excluding ortho intramolecular Hbond substituents is 1. The van der Waals surface area contributed by atoms with Gasteiger partial charge in [0.05, 0.1) is 23.8 Å². The second-order valence-corrected chi connectivity index (χ2v) is 9.58. The summed E-state index contributed by atoms with van der Waals surface area (Å²) in [5.41, 5.74) is 1.15. The first-order valence-electron chi connectivity index (χ1n) is 9.72. The minimum Gasteiger partial charge on any atom is -0.507 e. The van der Waals surface area contributed by atoms with Crippen LogP contribution in [0, 0.1) is 0 Å². The van der Waals surface area contributed by atoms with Gasteiger partial charge in [-0.1, -0.05) is 60.7 Å². The number of benzene rings is 4. The number of methoxy groups -OCH3 is 1. The molecule has 4 rings (SSSR count). The van der Waals surface area contributed by atoms with Gasteiger partial charge in [-0.15, -0.1) is 0 Å². The highest BCUT2D eigenvalue weighted by molar-refractivity contribution is 7.85. The van der Waals surface area contributed by atoms with Crippen molar-refractivity contribution in [1.29, 1.82) is 0 Å². The van der Waals surface area contributed by atoms with Crippen LogP contribution in [0.4, 0.5) is 11.4 Å². The van der Waals surface area contributed by atoms with E-state index in [1.165, 1.54) is 6.07 Å². The number of aromatic hydroxyl groups is 1. The monoisotopic (exact) mass is 428 g/mol. The van der Waals surface area contributed by atoms with E-state index in [9.17, 15) is 9.67 Å². The van der Waals surface area contributed by atoms with Crippen LogP contribution in [0.3, 0.4) is 0 Å². The largest absolute Gasteiger partial charge is 0.507 e. The van der Waals surface area contributed by atoms with Crippen molar-refractivity contribution in [3.8, 4) is 11.5 Å². The van der Waals surface area contributed by atoms with E-state index in [4.69, 9.17) is 4.74 Å². The molecule has 0 heterocycles. The van der Waals surface area contributed by atoms with E-state index in [2.05, 4.69) is 10.2 Å². The molecule has 0 aromatic heterocycles. The molecule has 6 heteroatoms. The van der Waals surface area contributed by atoms with Gasteiger partial charge in [-0.25, -0.2) is 0 Å². The molecule has 1 N–H and O–H groups in total. The SMILES string of the molecule is COc1ccc(N=Nc2ccc(O)c(P(=O)(c3ccccc3)c3ccccc3)c2)cc1. The van der Waals surface area contributed by atoms with Gasteiger partial charge in [0.15, 0.2) is 7.14 Å². The summed E-state index contributed by atoms with van der Waals surface area (Å²) >= 11 is 0. The molecular weight excluding hydrogens is 407 g/mol. The standard InChI is InChI=1S/C25H21N2O3P/c1-30-21-15-12-19(13-16-21)26-27-20-14-17-24(28)25(18-20)31(29,22-8-4-2-5-9-22)23-10-6-3-7-11-23/h2-18,28H,1H3. The first-order valence-corrected chi connectivity index (χ1v) is 11.4. The second kappa shape index (κ2) is 8.99. The molecule has 0 aliphatic heterocycles. The van der Waals surface area contributed by atoms with E-state index >= 15 is 0 Å². The molecular formula is C25H21N2O3P. The summed E-state index contributed by atoms with van der Waals surface area (Å²) in [7, 11) is -1.71. The van der Waals surface area contributed by atoms with Crippen LogP contribution in [0.2, 0.25) is 0 Å². The Morgan fingerprint density at radius 3 is 1.77 bits per heavy atom. The van der Waals surface area contributed by atoms with Gasteiger partial charge in [0.2, 0.25) is 0 Å². The van der Waals surface area contributed by atoms with E-state index in [0.29, 0.717) is 27.3 Å². The summed E-state index contributed by atoms with van der Waals surface area (Å²) < 4.78 is 19.6. The lowest BCUT2D eigenvalue weighted by Gasteiger charge is -2.21. The van der Waals surface area contributed by atoms with E-state index in [-0.39, 0.29) is 5.75 Å². The zero-order valence-electron chi connectivity index (χ0n) is 16.9. The van der Waals surface area contributed by atoms with Gasteiger partial charge in [0.25, 0.3) is 0 Å². The molecule has 154 valence electrons. The van der Waals surface area contributed by atoms with E-state index in [1.807, 2.05) is 60.7 Å². The first-order chi connectivity index (χ1) is 15.1. The maximum atomic E-state index is 14.5. The van der Waals surface area contributed by atoms with Crippen LogP contribution < -0.4 is 20.7 Å². The molecule has 0 fully saturated rings. The number of phenols is 1. The minimum atomic E-state index is -3.32. The number of nitrogens with zero attached hydrogens (tertiary/aromatic N) is 2. The van der Waals surface area contributed by atoms with Crippen LogP contribution in [-0.4, -0.2) is 12.2 Å². The molecule has 0 aliphatic carbocycles. The number of azo groups is 1.